The second-order valence-electron chi connectivity index (χ2n) is 8.28. The minimum atomic E-state index is -3.72. The molecular formula is C24H28N4O5S. The van der Waals surface area contributed by atoms with Crippen molar-refractivity contribution >= 4 is 27.3 Å². The fourth-order valence-electron chi connectivity index (χ4n) is 4.08. The maximum atomic E-state index is 13.2. The van der Waals surface area contributed by atoms with Gasteiger partial charge in [-0.15, -0.1) is 0 Å². The number of nitriles is 1. The predicted molar refractivity (Wildman–Crippen MR) is 127 cm³/mol. The van der Waals surface area contributed by atoms with Gasteiger partial charge in [-0.25, -0.2) is 8.42 Å². The van der Waals surface area contributed by atoms with E-state index >= 15 is 0 Å². The molecule has 0 aromatic heterocycles. The predicted octanol–water partition coefficient (Wildman–Crippen LogP) is 2.59. The molecule has 0 radical (unpaired) electrons. The zero-order valence-corrected chi connectivity index (χ0v) is 19.9. The molecule has 0 saturated carbocycles. The van der Waals surface area contributed by atoms with Gasteiger partial charge < -0.3 is 19.7 Å². The molecule has 34 heavy (non-hydrogen) atoms. The number of sulfonamides is 1. The van der Waals surface area contributed by atoms with Gasteiger partial charge in [0, 0.05) is 26.2 Å². The maximum Gasteiger partial charge on any atom is 0.265 e. The van der Waals surface area contributed by atoms with Crippen molar-refractivity contribution in [1.82, 2.24) is 4.31 Å². The van der Waals surface area contributed by atoms with E-state index in [-0.39, 0.29) is 4.90 Å². The van der Waals surface area contributed by atoms with Crippen LogP contribution in [-0.2, 0) is 19.6 Å². The Morgan fingerprint density at radius 2 is 1.85 bits per heavy atom. The molecule has 180 valence electrons. The molecule has 0 bridgehead atoms. The number of ether oxygens (including phenoxy) is 2. The summed E-state index contributed by atoms with van der Waals surface area (Å²) in [5.41, 5.74) is 1.65. The van der Waals surface area contributed by atoms with E-state index in [1.807, 2.05) is 6.07 Å². The van der Waals surface area contributed by atoms with Crippen molar-refractivity contribution < 1.29 is 22.7 Å². The number of amides is 1. The molecule has 2 fully saturated rings. The lowest BCUT2D eigenvalue weighted by molar-refractivity contribution is -0.122. The molecule has 2 aliphatic rings. The minimum absolute atomic E-state index is 0.128. The highest BCUT2D eigenvalue weighted by Crippen LogP contribution is 2.33. The van der Waals surface area contributed by atoms with E-state index in [1.165, 1.54) is 10.4 Å². The molecule has 1 amide bonds. The summed E-state index contributed by atoms with van der Waals surface area (Å²) in [6.45, 7) is 4.59. The zero-order chi connectivity index (χ0) is 24.1. The van der Waals surface area contributed by atoms with Crippen LogP contribution in [-0.4, -0.2) is 64.1 Å². The van der Waals surface area contributed by atoms with Crippen LogP contribution in [0.25, 0.3) is 0 Å². The van der Waals surface area contributed by atoms with Gasteiger partial charge >= 0.3 is 0 Å². The van der Waals surface area contributed by atoms with E-state index in [9.17, 15) is 13.2 Å². The second-order valence-corrected chi connectivity index (χ2v) is 10.2. The van der Waals surface area contributed by atoms with E-state index in [4.69, 9.17) is 14.7 Å². The fraction of sp³-hybridized carbons (Fsp3) is 0.417. The van der Waals surface area contributed by atoms with Gasteiger partial charge in [0.05, 0.1) is 41.1 Å². The van der Waals surface area contributed by atoms with Crippen LogP contribution in [0.15, 0.2) is 47.4 Å². The van der Waals surface area contributed by atoms with Gasteiger partial charge in [-0.3, -0.25) is 4.79 Å². The number of anilines is 2. The van der Waals surface area contributed by atoms with Crippen molar-refractivity contribution in [3.05, 3.63) is 48.0 Å². The normalized spacial score (nSPS) is 17.7. The van der Waals surface area contributed by atoms with Gasteiger partial charge in [-0.1, -0.05) is 6.07 Å². The van der Waals surface area contributed by atoms with Gasteiger partial charge in [0.15, 0.2) is 6.10 Å². The van der Waals surface area contributed by atoms with E-state index in [0.29, 0.717) is 43.3 Å². The molecule has 2 aliphatic heterocycles. The molecule has 1 atom stereocenters. The first-order valence-electron chi connectivity index (χ1n) is 11.3. The molecule has 9 nitrogen and oxygen atoms in total. The average molecular weight is 485 g/mol. The molecule has 0 aliphatic carbocycles. The van der Waals surface area contributed by atoms with Crippen LogP contribution in [0.2, 0.25) is 0 Å². The summed E-state index contributed by atoms with van der Waals surface area (Å²) in [6.07, 6.45) is 1.21. The van der Waals surface area contributed by atoms with Gasteiger partial charge in [-0.05, 0) is 56.2 Å². The van der Waals surface area contributed by atoms with Crippen molar-refractivity contribution in [3.63, 3.8) is 0 Å². The molecule has 0 spiro atoms. The lowest BCUT2D eigenvalue weighted by atomic mass is 10.2. The molecule has 1 N–H and O–H groups in total. The Morgan fingerprint density at radius 3 is 2.56 bits per heavy atom. The summed E-state index contributed by atoms with van der Waals surface area (Å²) in [5.74, 6) is -0.00570. The van der Waals surface area contributed by atoms with Crippen LogP contribution in [0.1, 0.15) is 25.3 Å². The molecule has 4 rings (SSSR count). The third kappa shape index (κ3) is 5.33. The number of rotatable bonds is 7. The topological polar surface area (TPSA) is 112 Å². The van der Waals surface area contributed by atoms with Crippen LogP contribution in [0.5, 0.6) is 5.75 Å². The largest absolute Gasteiger partial charge is 0.481 e. The molecule has 2 saturated heterocycles. The molecule has 2 aromatic rings. The molecule has 10 heteroatoms. The van der Waals surface area contributed by atoms with Crippen LogP contribution in [0.4, 0.5) is 11.4 Å². The van der Waals surface area contributed by atoms with Crippen LogP contribution >= 0.6 is 0 Å². The number of hydrogen-bond donors (Lipinski definition) is 1. The van der Waals surface area contributed by atoms with Crippen LogP contribution < -0.4 is 15.0 Å². The lowest BCUT2D eigenvalue weighted by Gasteiger charge is -2.27. The van der Waals surface area contributed by atoms with Crippen molar-refractivity contribution in [2.24, 2.45) is 0 Å². The van der Waals surface area contributed by atoms with Crippen molar-refractivity contribution in [1.29, 1.82) is 5.26 Å². The quantitative estimate of drug-likeness (QED) is 0.643. The summed E-state index contributed by atoms with van der Waals surface area (Å²) in [7, 11) is -3.72. The summed E-state index contributed by atoms with van der Waals surface area (Å²) < 4.78 is 38.8. The first-order chi connectivity index (χ1) is 16.4. The number of carbonyl (C=O) groups is 1. The number of morpholine rings is 1. The number of carbonyl (C=O) groups excluding carboxylic acids is 1. The van der Waals surface area contributed by atoms with E-state index < -0.39 is 22.0 Å². The Bertz CT molecular complexity index is 1180. The van der Waals surface area contributed by atoms with Gasteiger partial charge in [0.2, 0.25) is 10.0 Å². The molecule has 2 aromatic carbocycles. The fourth-order valence-corrected chi connectivity index (χ4v) is 5.51. The Morgan fingerprint density at radius 1 is 1.12 bits per heavy atom. The Labute approximate surface area is 199 Å². The maximum absolute atomic E-state index is 13.2. The van der Waals surface area contributed by atoms with Gasteiger partial charge in [-0.2, -0.15) is 9.57 Å². The highest BCUT2D eigenvalue weighted by molar-refractivity contribution is 7.89. The highest BCUT2D eigenvalue weighted by atomic mass is 32.2. The number of nitrogens with zero attached hydrogens (tertiary/aromatic N) is 3. The van der Waals surface area contributed by atoms with E-state index in [2.05, 4.69) is 10.2 Å². The van der Waals surface area contributed by atoms with E-state index in [1.54, 1.807) is 43.3 Å². The third-order valence-corrected chi connectivity index (χ3v) is 7.82. The summed E-state index contributed by atoms with van der Waals surface area (Å²) in [5, 5.41) is 11.9. The first kappa shape index (κ1) is 24.0. The highest BCUT2D eigenvalue weighted by Gasteiger charge is 2.28. The SMILES string of the molecule is CC(Oc1cccc(C#N)c1)C(=O)Nc1cc(S(=O)(=O)N2CCOCC2)ccc1N1CCCC1. The van der Waals surface area contributed by atoms with E-state index in [0.717, 1.165) is 31.6 Å². The first-order valence-corrected chi connectivity index (χ1v) is 12.8. The zero-order valence-electron chi connectivity index (χ0n) is 19.1. The minimum Gasteiger partial charge on any atom is -0.481 e. The van der Waals surface area contributed by atoms with Gasteiger partial charge in [0.25, 0.3) is 5.91 Å². The lowest BCUT2D eigenvalue weighted by Crippen LogP contribution is -2.40. The van der Waals surface area contributed by atoms with Crippen molar-refractivity contribution in [3.8, 4) is 11.8 Å². The third-order valence-electron chi connectivity index (χ3n) is 5.93. The Hall–Kier alpha value is -3.13. The smallest absolute Gasteiger partial charge is 0.265 e. The van der Waals surface area contributed by atoms with Crippen molar-refractivity contribution in [2.45, 2.75) is 30.8 Å². The number of benzene rings is 2. The summed E-state index contributed by atoms with van der Waals surface area (Å²) >= 11 is 0. The summed E-state index contributed by atoms with van der Waals surface area (Å²) in [4.78, 5) is 15.3. The molecule has 2 heterocycles. The van der Waals surface area contributed by atoms with Crippen LogP contribution in [0, 0.1) is 11.3 Å². The Balaban J connectivity index is 1.58. The van der Waals surface area contributed by atoms with Crippen molar-refractivity contribution in [2.75, 3.05) is 49.6 Å². The molecule has 1 unspecified atom stereocenters. The molecular weight excluding hydrogens is 456 g/mol. The summed E-state index contributed by atoms with van der Waals surface area (Å²) in [6, 6.07) is 13.5. The Kier molecular flexibility index (Phi) is 7.36. The average Bonchev–Trinajstić information content (AvgIpc) is 3.39. The van der Waals surface area contributed by atoms with Gasteiger partial charge in [0.1, 0.15) is 5.75 Å². The number of hydrogen-bond acceptors (Lipinski definition) is 7. The second kappa shape index (κ2) is 10.4. The standard InChI is InChI=1S/C24H28N4O5S/c1-18(33-20-6-4-5-19(15-20)17-25)24(29)26-22-16-21(7-8-23(22)27-9-2-3-10-27)34(30,31)28-11-13-32-14-12-28/h4-8,15-16,18H,2-3,9-14H2,1H3,(H,26,29). The van der Waals surface area contributed by atoms with Crippen LogP contribution in [0.3, 0.4) is 0 Å². The number of nitrogens with one attached hydrogen (secondary N) is 1. The monoisotopic (exact) mass is 484 g/mol.